The molecule has 0 aromatic heterocycles. The SMILES string of the molecule is CCCCC/C=C\CCCCCCCC(=O)OC[C@H](COC(=O)CCCCCCCCCCCCCCCCCCCC)OC(=O)CCCCCCC/C=C\CCCCCCCCC. The predicted octanol–water partition coefficient (Wildman–Crippen LogP) is 18.7. The van der Waals surface area contributed by atoms with E-state index in [4.69, 9.17) is 14.2 Å². The summed E-state index contributed by atoms with van der Waals surface area (Å²) in [5, 5.41) is 0. The molecule has 1 atom stereocenters. The number of hydrogen-bond donors (Lipinski definition) is 0. The van der Waals surface area contributed by atoms with Crippen molar-refractivity contribution in [1.82, 2.24) is 0 Å². The first-order valence-electron chi connectivity index (χ1n) is 28.3. The van der Waals surface area contributed by atoms with Crippen LogP contribution in [0.2, 0.25) is 0 Å². The minimum absolute atomic E-state index is 0.0730. The van der Waals surface area contributed by atoms with E-state index in [1.54, 1.807) is 0 Å². The fourth-order valence-electron chi connectivity index (χ4n) is 8.37. The van der Waals surface area contributed by atoms with Crippen LogP contribution < -0.4 is 0 Å². The molecule has 0 saturated carbocycles. The predicted molar refractivity (Wildman–Crippen MR) is 275 cm³/mol. The molecule has 0 radical (unpaired) electrons. The van der Waals surface area contributed by atoms with Gasteiger partial charge in [0.2, 0.25) is 0 Å². The van der Waals surface area contributed by atoms with Gasteiger partial charge in [0.15, 0.2) is 6.10 Å². The molecule has 0 aliphatic heterocycles. The monoisotopic (exact) mass is 901 g/mol. The molecule has 0 spiro atoms. The first-order chi connectivity index (χ1) is 31.5. The number of allylic oxidation sites excluding steroid dienone is 4. The van der Waals surface area contributed by atoms with Gasteiger partial charge in [0, 0.05) is 19.3 Å². The van der Waals surface area contributed by atoms with Gasteiger partial charge in [0.1, 0.15) is 13.2 Å². The summed E-state index contributed by atoms with van der Waals surface area (Å²) in [6.45, 7) is 6.64. The van der Waals surface area contributed by atoms with E-state index in [9.17, 15) is 14.4 Å². The van der Waals surface area contributed by atoms with Gasteiger partial charge >= 0.3 is 17.9 Å². The summed E-state index contributed by atoms with van der Waals surface area (Å²) in [4.78, 5) is 38.1. The normalized spacial score (nSPS) is 12.1. The number of unbranched alkanes of at least 4 members (excludes halogenated alkanes) is 37. The van der Waals surface area contributed by atoms with Crippen LogP contribution in [0.4, 0.5) is 0 Å². The van der Waals surface area contributed by atoms with Crippen molar-refractivity contribution >= 4 is 17.9 Å². The van der Waals surface area contributed by atoms with Gasteiger partial charge in [-0.15, -0.1) is 0 Å². The van der Waals surface area contributed by atoms with E-state index in [-0.39, 0.29) is 31.1 Å². The molecule has 64 heavy (non-hydrogen) atoms. The van der Waals surface area contributed by atoms with E-state index in [0.717, 1.165) is 70.6 Å². The molecular formula is C58H108O6. The average molecular weight is 901 g/mol. The van der Waals surface area contributed by atoms with Crippen molar-refractivity contribution in [2.24, 2.45) is 0 Å². The van der Waals surface area contributed by atoms with Crippen molar-refractivity contribution in [3.05, 3.63) is 24.3 Å². The lowest BCUT2D eigenvalue weighted by molar-refractivity contribution is -0.167. The Balaban J connectivity index is 4.32. The number of esters is 3. The van der Waals surface area contributed by atoms with Crippen LogP contribution in [0.25, 0.3) is 0 Å². The second kappa shape index (κ2) is 53.5. The van der Waals surface area contributed by atoms with E-state index in [2.05, 4.69) is 45.1 Å². The maximum Gasteiger partial charge on any atom is 0.306 e. The second-order valence-electron chi connectivity index (χ2n) is 19.2. The van der Waals surface area contributed by atoms with Crippen LogP contribution in [0.15, 0.2) is 24.3 Å². The highest BCUT2D eigenvalue weighted by Gasteiger charge is 2.19. The van der Waals surface area contributed by atoms with Crippen LogP contribution in [0.1, 0.15) is 310 Å². The summed E-state index contributed by atoms with van der Waals surface area (Å²) < 4.78 is 16.8. The van der Waals surface area contributed by atoms with Crippen molar-refractivity contribution in [3.63, 3.8) is 0 Å². The molecule has 0 fully saturated rings. The van der Waals surface area contributed by atoms with Gasteiger partial charge in [-0.2, -0.15) is 0 Å². The molecule has 0 rings (SSSR count). The van der Waals surface area contributed by atoms with Crippen LogP contribution in [0.5, 0.6) is 0 Å². The molecule has 0 aliphatic carbocycles. The fourth-order valence-corrected chi connectivity index (χ4v) is 8.37. The Morgan fingerprint density at radius 3 is 0.812 bits per heavy atom. The summed E-state index contributed by atoms with van der Waals surface area (Å²) in [6, 6.07) is 0. The fraction of sp³-hybridized carbons (Fsp3) is 0.879. The molecule has 376 valence electrons. The number of rotatable bonds is 52. The largest absolute Gasteiger partial charge is 0.462 e. The lowest BCUT2D eigenvalue weighted by atomic mass is 10.0. The Morgan fingerprint density at radius 2 is 0.516 bits per heavy atom. The molecule has 0 saturated heterocycles. The maximum atomic E-state index is 12.8. The van der Waals surface area contributed by atoms with Gasteiger partial charge in [0.25, 0.3) is 0 Å². The van der Waals surface area contributed by atoms with Gasteiger partial charge in [-0.05, 0) is 70.6 Å². The first-order valence-corrected chi connectivity index (χ1v) is 28.3. The van der Waals surface area contributed by atoms with Crippen LogP contribution in [0.3, 0.4) is 0 Å². The molecule has 0 aliphatic rings. The third-order valence-corrected chi connectivity index (χ3v) is 12.7. The molecule has 0 heterocycles. The first kappa shape index (κ1) is 61.9. The molecule has 6 nitrogen and oxygen atoms in total. The summed E-state index contributed by atoms with van der Waals surface area (Å²) in [5.74, 6) is -0.873. The summed E-state index contributed by atoms with van der Waals surface area (Å²) in [7, 11) is 0. The van der Waals surface area contributed by atoms with Gasteiger partial charge in [-0.3, -0.25) is 14.4 Å². The Kier molecular flexibility index (Phi) is 51.7. The van der Waals surface area contributed by atoms with Crippen molar-refractivity contribution in [3.8, 4) is 0 Å². The molecule has 0 amide bonds. The van der Waals surface area contributed by atoms with Crippen molar-refractivity contribution in [2.45, 2.75) is 316 Å². The van der Waals surface area contributed by atoms with Crippen molar-refractivity contribution in [1.29, 1.82) is 0 Å². The topological polar surface area (TPSA) is 78.9 Å². The molecule has 0 aromatic carbocycles. The number of ether oxygens (including phenoxy) is 3. The number of carbonyl (C=O) groups excluding carboxylic acids is 3. The zero-order valence-electron chi connectivity index (χ0n) is 43.1. The van der Waals surface area contributed by atoms with E-state index in [1.807, 2.05) is 0 Å². The Morgan fingerprint density at radius 1 is 0.297 bits per heavy atom. The maximum absolute atomic E-state index is 12.8. The zero-order chi connectivity index (χ0) is 46.5. The Hall–Kier alpha value is -2.11. The van der Waals surface area contributed by atoms with E-state index in [1.165, 1.54) is 199 Å². The molecular weight excluding hydrogens is 793 g/mol. The standard InChI is InChI=1S/C58H108O6/c1-4-7-10-13-16-19-22-25-27-29-30-32-33-36-39-42-45-48-51-57(60)63-54-55(53-62-56(59)50-47-44-41-38-35-24-21-18-15-12-9-6-3)64-58(61)52-49-46-43-40-37-34-31-28-26-23-20-17-14-11-8-5-2/h18,21,28,31,55H,4-17,19-20,22-27,29-30,32-54H2,1-3H3/b21-18-,31-28-/t55-/m1/s1. The van der Waals surface area contributed by atoms with E-state index < -0.39 is 6.10 Å². The molecule has 6 heteroatoms. The van der Waals surface area contributed by atoms with Crippen LogP contribution >= 0.6 is 0 Å². The number of hydrogen-bond acceptors (Lipinski definition) is 6. The Labute approximate surface area is 398 Å². The smallest absolute Gasteiger partial charge is 0.306 e. The van der Waals surface area contributed by atoms with Gasteiger partial charge < -0.3 is 14.2 Å². The lowest BCUT2D eigenvalue weighted by Crippen LogP contribution is -2.30. The Bertz CT molecular complexity index is 1040. The minimum atomic E-state index is -0.774. The highest BCUT2D eigenvalue weighted by Crippen LogP contribution is 2.16. The van der Waals surface area contributed by atoms with Crippen LogP contribution in [-0.4, -0.2) is 37.2 Å². The van der Waals surface area contributed by atoms with Gasteiger partial charge in [-0.1, -0.05) is 244 Å². The van der Waals surface area contributed by atoms with Crippen molar-refractivity contribution < 1.29 is 28.6 Å². The minimum Gasteiger partial charge on any atom is -0.462 e. The number of carbonyl (C=O) groups is 3. The highest BCUT2D eigenvalue weighted by atomic mass is 16.6. The quantitative estimate of drug-likeness (QED) is 0.0262. The molecule has 0 aromatic rings. The highest BCUT2D eigenvalue weighted by molar-refractivity contribution is 5.71. The third-order valence-electron chi connectivity index (χ3n) is 12.7. The molecule has 0 bridgehead atoms. The van der Waals surface area contributed by atoms with E-state index >= 15 is 0 Å². The van der Waals surface area contributed by atoms with Gasteiger partial charge in [0.05, 0.1) is 0 Å². The summed E-state index contributed by atoms with van der Waals surface area (Å²) in [5.41, 5.74) is 0. The van der Waals surface area contributed by atoms with Crippen LogP contribution in [0, 0.1) is 0 Å². The zero-order valence-corrected chi connectivity index (χ0v) is 43.1. The van der Waals surface area contributed by atoms with Gasteiger partial charge in [-0.25, -0.2) is 0 Å². The summed E-state index contributed by atoms with van der Waals surface area (Å²) >= 11 is 0. The van der Waals surface area contributed by atoms with E-state index in [0.29, 0.717) is 19.3 Å². The average Bonchev–Trinajstić information content (AvgIpc) is 3.29. The lowest BCUT2D eigenvalue weighted by Gasteiger charge is -2.18. The summed E-state index contributed by atoms with van der Waals surface area (Å²) in [6.07, 6.45) is 61.7. The second-order valence-corrected chi connectivity index (χ2v) is 19.2. The third kappa shape index (κ3) is 50.9. The molecule has 0 N–H and O–H groups in total. The van der Waals surface area contributed by atoms with Crippen LogP contribution in [-0.2, 0) is 28.6 Å². The van der Waals surface area contributed by atoms with Crippen molar-refractivity contribution in [2.75, 3.05) is 13.2 Å². The molecule has 0 unspecified atom stereocenters.